The van der Waals surface area contributed by atoms with Crippen LogP contribution in [0.3, 0.4) is 0 Å². The van der Waals surface area contributed by atoms with Crippen LogP contribution in [-0.2, 0) is 5.54 Å². The normalized spacial score (nSPS) is 11.3. The minimum absolute atomic E-state index is 0.183. The van der Waals surface area contributed by atoms with Crippen molar-refractivity contribution in [2.45, 2.75) is 26.3 Å². The summed E-state index contributed by atoms with van der Waals surface area (Å²) >= 11 is 1.52. The van der Waals surface area contributed by atoms with E-state index in [1.807, 2.05) is 32.2 Å². The summed E-state index contributed by atoms with van der Waals surface area (Å²) in [6, 6.07) is 5.42. The summed E-state index contributed by atoms with van der Waals surface area (Å²) < 4.78 is 0. The van der Waals surface area contributed by atoms with Crippen molar-refractivity contribution in [3.8, 4) is 0 Å². The Labute approximate surface area is 116 Å². The number of aryl methyl sites for hydroxylation is 1. The number of aromatic nitrogens is 1. The molecule has 0 aliphatic carbocycles. The summed E-state index contributed by atoms with van der Waals surface area (Å²) in [5.74, 6) is -0.183. The van der Waals surface area contributed by atoms with Gasteiger partial charge in [0.2, 0.25) is 0 Å². The number of nitrogens with one attached hydrogen (secondary N) is 1. The molecule has 2 rings (SSSR count). The van der Waals surface area contributed by atoms with E-state index in [9.17, 15) is 4.79 Å². The predicted octanol–water partition coefficient (Wildman–Crippen LogP) is 2.70. The molecule has 100 valence electrons. The third-order valence-corrected chi connectivity index (χ3v) is 3.94. The van der Waals surface area contributed by atoms with Gasteiger partial charge in [0.15, 0.2) is 0 Å². The fraction of sp³-hybridized carbons (Fsp3) is 0.286. The molecule has 19 heavy (non-hydrogen) atoms. The molecule has 0 saturated heterocycles. The Hall–Kier alpha value is -1.88. The van der Waals surface area contributed by atoms with Gasteiger partial charge in [0.1, 0.15) is 5.01 Å². The van der Waals surface area contributed by atoms with Crippen LogP contribution < -0.4 is 11.1 Å². The average Bonchev–Trinajstić information content (AvgIpc) is 2.81. The highest BCUT2D eigenvalue weighted by Crippen LogP contribution is 2.23. The van der Waals surface area contributed by atoms with Gasteiger partial charge in [-0.3, -0.25) is 4.79 Å². The van der Waals surface area contributed by atoms with Gasteiger partial charge in [-0.25, -0.2) is 4.98 Å². The second-order valence-electron chi connectivity index (χ2n) is 5.01. The van der Waals surface area contributed by atoms with E-state index in [-0.39, 0.29) is 5.91 Å². The second-order valence-corrected chi connectivity index (χ2v) is 5.90. The first-order valence-electron chi connectivity index (χ1n) is 5.99. The number of nitrogen functional groups attached to an aromatic ring is 1. The molecule has 1 aromatic carbocycles. The van der Waals surface area contributed by atoms with Crippen molar-refractivity contribution >= 4 is 22.9 Å². The van der Waals surface area contributed by atoms with Crippen LogP contribution in [0.15, 0.2) is 29.8 Å². The lowest BCUT2D eigenvalue weighted by molar-refractivity contribution is 0.0913. The number of hydrogen-bond donors (Lipinski definition) is 2. The molecule has 2 aromatic rings. The van der Waals surface area contributed by atoms with Crippen LogP contribution in [-0.4, -0.2) is 10.9 Å². The first kappa shape index (κ1) is 13.5. The molecule has 0 bridgehead atoms. The summed E-state index contributed by atoms with van der Waals surface area (Å²) in [6.07, 6.45) is 1.73. The van der Waals surface area contributed by atoms with E-state index in [0.717, 1.165) is 10.6 Å². The quantitative estimate of drug-likeness (QED) is 0.846. The highest BCUT2D eigenvalue weighted by molar-refractivity contribution is 7.09. The number of thiazole rings is 1. The Morgan fingerprint density at radius 1 is 1.42 bits per heavy atom. The molecule has 1 amide bonds. The van der Waals surface area contributed by atoms with E-state index in [2.05, 4.69) is 10.3 Å². The summed E-state index contributed by atoms with van der Waals surface area (Å²) in [5, 5.41) is 5.72. The molecule has 3 N–H and O–H groups in total. The van der Waals surface area contributed by atoms with Gasteiger partial charge in [-0.1, -0.05) is 6.07 Å². The molecular formula is C14H17N3OS. The molecular weight excluding hydrogens is 258 g/mol. The minimum Gasteiger partial charge on any atom is -0.398 e. The van der Waals surface area contributed by atoms with E-state index in [0.29, 0.717) is 11.3 Å². The number of nitrogens with zero attached hydrogens (tertiary/aromatic N) is 1. The van der Waals surface area contributed by atoms with E-state index in [1.54, 1.807) is 18.3 Å². The average molecular weight is 275 g/mol. The van der Waals surface area contributed by atoms with E-state index < -0.39 is 5.54 Å². The predicted molar refractivity (Wildman–Crippen MR) is 78.2 cm³/mol. The van der Waals surface area contributed by atoms with Gasteiger partial charge in [0.05, 0.1) is 11.1 Å². The summed E-state index contributed by atoms with van der Waals surface area (Å²) in [4.78, 5) is 16.5. The van der Waals surface area contributed by atoms with E-state index in [1.165, 1.54) is 11.3 Å². The summed E-state index contributed by atoms with van der Waals surface area (Å²) in [7, 11) is 0. The zero-order chi connectivity index (χ0) is 14.0. The van der Waals surface area contributed by atoms with Crippen molar-refractivity contribution in [1.29, 1.82) is 0 Å². The van der Waals surface area contributed by atoms with Crippen LogP contribution in [0.4, 0.5) is 5.69 Å². The van der Waals surface area contributed by atoms with Gasteiger partial charge < -0.3 is 11.1 Å². The third-order valence-electron chi connectivity index (χ3n) is 2.84. The first-order chi connectivity index (χ1) is 8.90. The van der Waals surface area contributed by atoms with Gasteiger partial charge in [0.25, 0.3) is 5.91 Å². The lowest BCUT2D eigenvalue weighted by atomic mass is 10.0. The Morgan fingerprint density at radius 2 is 2.16 bits per heavy atom. The number of hydrogen-bond acceptors (Lipinski definition) is 4. The van der Waals surface area contributed by atoms with Crippen LogP contribution in [0.5, 0.6) is 0 Å². The fourth-order valence-corrected chi connectivity index (χ4v) is 2.54. The number of carbonyl (C=O) groups excluding carboxylic acids is 1. The number of carbonyl (C=O) groups is 1. The Kier molecular flexibility index (Phi) is 3.57. The highest BCUT2D eigenvalue weighted by Gasteiger charge is 2.26. The van der Waals surface area contributed by atoms with Crippen LogP contribution in [0.2, 0.25) is 0 Å². The topological polar surface area (TPSA) is 68.0 Å². The van der Waals surface area contributed by atoms with E-state index in [4.69, 9.17) is 5.73 Å². The van der Waals surface area contributed by atoms with Gasteiger partial charge in [0, 0.05) is 17.3 Å². The monoisotopic (exact) mass is 275 g/mol. The molecule has 0 atom stereocenters. The molecule has 0 unspecified atom stereocenters. The van der Waals surface area contributed by atoms with Gasteiger partial charge in [-0.05, 0) is 38.5 Å². The largest absolute Gasteiger partial charge is 0.398 e. The zero-order valence-electron chi connectivity index (χ0n) is 11.2. The third kappa shape index (κ3) is 2.93. The minimum atomic E-state index is -0.511. The molecule has 1 heterocycles. The molecule has 4 nitrogen and oxygen atoms in total. The standard InChI is InChI=1S/C14H17N3OS/c1-9-4-5-10(11(15)8-9)12(18)17-14(2,3)13-16-6-7-19-13/h4-8H,15H2,1-3H3,(H,17,18). The maximum Gasteiger partial charge on any atom is 0.254 e. The van der Waals surface area contributed by atoms with E-state index >= 15 is 0 Å². The Bertz CT molecular complexity index is 591. The SMILES string of the molecule is Cc1ccc(C(=O)NC(C)(C)c2nccs2)c(N)c1. The number of benzene rings is 1. The lowest BCUT2D eigenvalue weighted by Gasteiger charge is -2.24. The molecule has 5 heteroatoms. The van der Waals surface area contributed by atoms with Crippen molar-refractivity contribution in [1.82, 2.24) is 10.3 Å². The second kappa shape index (κ2) is 5.01. The van der Waals surface area contributed by atoms with Crippen molar-refractivity contribution in [2.24, 2.45) is 0 Å². The number of rotatable bonds is 3. The number of nitrogens with two attached hydrogens (primary N) is 1. The molecule has 0 spiro atoms. The molecule has 1 aromatic heterocycles. The van der Waals surface area contributed by atoms with Crippen molar-refractivity contribution in [3.05, 3.63) is 45.9 Å². The Morgan fingerprint density at radius 3 is 2.74 bits per heavy atom. The van der Waals surface area contributed by atoms with Crippen LogP contribution in [0.1, 0.15) is 34.8 Å². The van der Waals surface area contributed by atoms with Crippen LogP contribution in [0.25, 0.3) is 0 Å². The maximum atomic E-state index is 12.3. The summed E-state index contributed by atoms with van der Waals surface area (Å²) in [6.45, 7) is 5.79. The van der Waals surface area contributed by atoms with Gasteiger partial charge >= 0.3 is 0 Å². The zero-order valence-corrected chi connectivity index (χ0v) is 12.0. The number of amides is 1. The van der Waals surface area contributed by atoms with Crippen molar-refractivity contribution < 1.29 is 4.79 Å². The lowest BCUT2D eigenvalue weighted by Crippen LogP contribution is -2.41. The molecule has 0 radical (unpaired) electrons. The van der Waals surface area contributed by atoms with Crippen molar-refractivity contribution in [3.63, 3.8) is 0 Å². The first-order valence-corrected chi connectivity index (χ1v) is 6.87. The maximum absolute atomic E-state index is 12.3. The summed E-state index contributed by atoms with van der Waals surface area (Å²) in [5.41, 5.74) is 7.40. The smallest absolute Gasteiger partial charge is 0.254 e. The van der Waals surface area contributed by atoms with Crippen molar-refractivity contribution in [2.75, 3.05) is 5.73 Å². The molecule has 0 aliphatic heterocycles. The Balaban J connectivity index is 2.21. The fourth-order valence-electron chi connectivity index (χ4n) is 1.83. The van der Waals surface area contributed by atoms with Gasteiger partial charge in [-0.2, -0.15) is 0 Å². The van der Waals surface area contributed by atoms with Gasteiger partial charge in [-0.15, -0.1) is 11.3 Å². The molecule has 0 fully saturated rings. The number of anilines is 1. The van der Waals surface area contributed by atoms with Crippen LogP contribution >= 0.6 is 11.3 Å². The van der Waals surface area contributed by atoms with Crippen LogP contribution in [0, 0.1) is 6.92 Å². The molecule has 0 aliphatic rings. The molecule has 0 saturated carbocycles. The highest BCUT2D eigenvalue weighted by atomic mass is 32.1.